The summed E-state index contributed by atoms with van der Waals surface area (Å²) in [6, 6.07) is 10.1. The van der Waals surface area contributed by atoms with Gasteiger partial charge in [0, 0.05) is 35.4 Å². The van der Waals surface area contributed by atoms with Gasteiger partial charge in [0.15, 0.2) is 5.82 Å². The number of halogens is 1. The van der Waals surface area contributed by atoms with Crippen molar-refractivity contribution in [1.82, 2.24) is 9.55 Å². The van der Waals surface area contributed by atoms with E-state index in [0.29, 0.717) is 0 Å². The lowest BCUT2D eigenvalue weighted by atomic mass is 10.2. The van der Waals surface area contributed by atoms with Gasteiger partial charge in [-0.15, -0.1) is 0 Å². The van der Waals surface area contributed by atoms with Crippen LogP contribution in [0.2, 0.25) is 5.02 Å². The minimum atomic E-state index is 0.746. The molecule has 4 rings (SSSR count). The van der Waals surface area contributed by atoms with Crippen molar-refractivity contribution in [1.29, 1.82) is 0 Å². The highest BCUT2D eigenvalue weighted by atomic mass is 35.5. The first-order valence-corrected chi connectivity index (χ1v) is 8.94. The number of hydrogen-bond acceptors (Lipinski definition) is 2. The van der Waals surface area contributed by atoms with Gasteiger partial charge in [-0.1, -0.05) is 23.7 Å². The van der Waals surface area contributed by atoms with E-state index in [9.17, 15) is 0 Å². The lowest BCUT2D eigenvalue weighted by molar-refractivity contribution is 0.631. The Morgan fingerprint density at radius 2 is 1.92 bits per heavy atom. The van der Waals surface area contributed by atoms with E-state index in [-0.39, 0.29) is 0 Å². The smallest absolute Gasteiger partial charge is 0.150 e. The fourth-order valence-electron chi connectivity index (χ4n) is 3.30. The van der Waals surface area contributed by atoms with E-state index in [1.165, 1.54) is 40.6 Å². The molecular formula is C20H22ClN3. The number of aromatic nitrogens is 2. The molecule has 1 aromatic carbocycles. The summed E-state index contributed by atoms with van der Waals surface area (Å²) >= 11 is 5.97. The predicted molar refractivity (Wildman–Crippen MR) is 101 cm³/mol. The van der Waals surface area contributed by atoms with Crippen LogP contribution in [-0.2, 0) is 13.1 Å². The van der Waals surface area contributed by atoms with Crippen molar-refractivity contribution in [2.75, 3.05) is 5.32 Å². The van der Waals surface area contributed by atoms with Gasteiger partial charge in [-0.2, -0.15) is 0 Å². The Labute approximate surface area is 147 Å². The number of aryl methyl sites for hydroxylation is 1. The number of fused-ring (bicyclic) bond motifs is 1. The van der Waals surface area contributed by atoms with Crippen LogP contribution in [0.5, 0.6) is 0 Å². The molecule has 0 spiro atoms. The predicted octanol–water partition coefficient (Wildman–Crippen LogP) is 5.33. The second-order valence-electron chi connectivity index (χ2n) is 6.80. The Morgan fingerprint density at radius 3 is 2.62 bits per heavy atom. The zero-order valence-corrected chi connectivity index (χ0v) is 14.9. The van der Waals surface area contributed by atoms with Crippen molar-refractivity contribution in [3.63, 3.8) is 0 Å². The number of pyridine rings is 1. The topological polar surface area (TPSA) is 29.9 Å². The average molecular weight is 340 g/mol. The molecular weight excluding hydrogens is 318 g/mol. The van der Waals surface area contributed by atoms with E-state index in [0.717, 1.165) is 29.8 Å². The largest absolute Gasteiger partial charge is 0.364 e. The monoisotopic (exact) mass is 339 g/mol. The van der Waals surface area contributed by atoms with Gasteiger partial charge < -0.3 is 9.88 Å². The third-order valence-corrected chi connectivity index (χ3v) is 5.31. The Bertz CT molecular complexity index is 876. The van der Waals surface area contributed by atoms with Crippen LogP contribution >= 0.6 is 11.6 Å². The molecule has 1 aliphatic rings. The lowest BCUT2D eigenvalue weighted by Gasteiger charge is -2.12. The van der Waals surface area contributed by atoms with Crippen LogP contribution in [0.25, 0.3) is 10.9 Å². The van der Waals surface area contributed by atoms with Gasteiger partial charge in [0.25, 0.3) is 0 Å². The van der Waals surface area contributed by atoms with Crippen molar-refractivity contribution in [3.05, 3.63) is 58.4 Å². The maximum Gasteiger partial charge on any atom is 0.150 e. The fourth-order valence-corrected chi connectivity index (χ4v) is 3.43. The fraction of sp³-hybridized carbons (Fsp3) is 0.350. The highest BCUT2D eigenvalue weighted by Gasteiger charge is 2.25. The number of rotatable bonds is 5. The lowest BCUT2D eigenvalue weighted by Crippen LogP contribution is -2.07. The third-order valence-electron chi connectivity index (χ3n) is 5.06. The number of nitrogens with one attached hydrogen (secondary N) is 1. The average Bonchev–Trinajstić information content (AvgIpc) is 3.38. The van der Waals surface area contributed by atoms with Crippen molar-refractivity contribution < 1.29 is 0 Å². The van der Waals surface area contributed by atoms with Crippen molar-refractivity contribution >= 4 is 28.3 Å². The first-order valence-electron chi connectivity index (χ1n) is 8.56. The molecule has 1 fully saturated rings. The van der Waals surface area contributed by atoms with Gasteiger partial charge in [0.2, 0.25) is 0 Å². The normalized spacial score (nSPS) is 14.3. The molecule has 1 N–H and O–H groups in total. The molecule has 0 aliphatic heterocycles. The number of anilines is 1. The molecule has 3 aromatic rings. The molecule has 4 heteroatoms. The summed E-state index contributed by atoms with van der Waals surface area (Å²) < 4.78 is 2.46. The Hall–Kier alpha value is -2.00. The summed E-state index contributed by atoms with van der Waals surface area (Å²) in [5.41, 5.74) is 5.17. The van der Waals surface area contributed by atoms with Gasteiger partial charge in [-0.25, -0.2) is 4.98 Å². The standard InChI is InChI=1S/C20H22ClN3/c1-13-14(2)24(12-16-3-4-16)19-18(13)9-10-22-20(19)23-11-15-5-7-17(21)8-6-15/h5-10,16H,3-4,11-12H2,1-2H3,(H,22,23). The molecule has 24 heavy (non-hydrogen) atoms. The van der Waals surface area contributed by atoms with E-state index in [1.54, 1.807) is 0 Å². The van der Waals surface area contributed by atoms with E-state index in [2.05, 4.69) is 46.9 Å². The molecule has 1 aliphatic carbocycles. The SMILES string of the molecule is Cc1c(C)n(CC2CC2)c2c(NCc3ccc(Cl)cc3)nccc12. The van der Waals surface area contributed by atoms with Crippen LogP contribution in [-0.4, -0.2) is 9.55 Å². The molecule has 0 saturated heterocycles. The summed E-state index contributed by atoms with van der Waals surface area (Å²) in [7, 11) is 0. The molecule has 2 aromatic heterocycles. The van der Waals surface area contributed by atoms with E-state index in [1.807, 2.05) is 18.3 Å². The Kier molecular flexibility index (Phi) is 3.97. The second-order valence-corrected chi connectivity index (χ2v) is 7.24. The number of hydrogen-bond donors (Lipinski definition) is 1. The quantitative estimate of drug-likeness (QED) is 0.681. The molecule has 0 atom stereocenters. The summed E-state index contributed by atoms with van der Waals surface area (Å²) in [5, 5.41) is 5.60. The number of benzene rings is 1. The number of nitrogens with zero attached hydrogens (tertiary/aromatic N) is 2. The van der Waals surface area contributed by atoms with E-state index >= 15 is 0 Å². The summed E-state index contributed by atoms with van der Waals surface area (Å²) in [5.74, 6) is 1.81. The first kappa shape index (κ1) is 15.5. The van der Waals surface area contributed by atoms with Crippen LogP contribution < -0.4 is 5.32 Å². The molecule has 3 nitrogen and oxygen atoms in total. The van der Waals surface area contributed by atoms with Crippen LogP contribution in [0, 0.1) is 19.8 Å². The van der Waals surface area contributed by atoms with Gasteiger partial charge in [-0.3, -0.25) is 0 Å². The van der Waals surface area contributed by atoms with Gasteiger partial charge in [0.05, 0.1) is 5.52 Å². The van der Waals surface area contributed by atoms with Gasteiger partial charge in [-0.05, 0) is 61.9 Å². The second kappa shape index (κ2) is 6.14. The van der Waals surface area contributed by atoms with Crippen LogP contribution in [0.1, 0.15) is 29.7 Å². The van der Waals surface area contributed by atoms with Crippen molar-refractivity contribution in [3.8, 4) is 0 Å². The van der Waals surface area contributed by atoms with Crippen molar-refractivity contribution in [2.45, 2.75) is 39.8 Å². The third kappa shape index (κ3) is 2.89. The maximum absolute atomic E-state index is 5.97. The van der Waals surface area contributed by atoms with Crippen LogP contribution in [0.3, 0.4) is 0 Å². The minimum absolute atomic E-state index is 0.746. The van der Waals surface area contributed by atoms with Crippen molar-refractivity contribution in [2.24, 2.45) is 5.92 Å². The summed E-state index contributed by atoms with van der Waals surface area (Å²) in [6.07, 6.45) is 4.61. The Balaban J connectivity index is 1.69. The zero-order valence-electron chi connectivity index (χ0n) is 14.1. The zero-order chi connectivity index (χ0) is 16.7. The molecule has 2 heterocycles. The van der Waals surface area contributed by atoms with E-state index in [4.69, 9.17) is 11.6 Å². The van der Waals surface area contributed by atoms with Gasteiger partial charge >= 0.3 is 0 Å². The van der Waals surface area contributed by atoms with Crippen LogP contribution in [0.15, 0.2) is 36.5 Å². The molecule has 124 valence electrons. The van der Waals surface area contributed by atoms with Crippen LogP contribution in [0.4, 0.5) is 5.82 Å². The van der Waals surface area contributed by atoms with E-state index < -0.39 is 0 Å². The molecule has 0 amide bonds. The highest BCUT2D eigenvalue weighted by molar-refractivity contribution is 6.30. The first-order chi connectivity index (χ1) is 11.6. The molecule has 1 saturated carbocycles. The van der Waals surface area contributed by atoms with Gasteiger partial charge in [0.1, 0.15) is 0 Å². The highest BCUT2D eigenvalue weighted by Crippen LogP contribution is 2.36. The summed E-state index contributed by atoms with van der Waals surface area (Å²) in [6.45, 7) is 6.29. The molecule has 0 radical (unpaired) electrons. The maximum atomic E-state index is 5.97. The molecule has 0 bridgehead atoms. The Morgan fingerprint density at radius 1 is 1.17 bits per heavy atom. The molecule has 0 unspecified atom stereocenters. The summed E-state index contributed by atoms with van der Waals surface area (Å²) in [4.78, 5) is 4.62. The minimum Gasteiger partial charge on any atom is -0.364 e.